The van der Waals surface area contributed by atoms with E-state index < -0.39 is 0 Å². The molecule has 0 saturated carbocycles. The molecule has 2 atom stereocenters. The largest absolute Gasteiger partial charge is 0.508 e. The first kappa shape index (κ1) is 12.2. The first-order chi connectivity index (χ1) is 9.24. The Kier molecular flexibility index (Phi) is 3.22. The van der Waals surface area contributed by atoms with Gasteiger partial charge in [-0.2, -0.15) is 0 Å². The van der Waals surface area contributed by atoms with Crippen molar-refractivity contribution in [2.45, 2.75) is 31.8 Å². The molecule has 2 aromatic rings. The van der Waals surface area contributed by atoms with Gasteiger partial charge in [-0.25, -0.2) is 0 Å². The molecule has 0 bridgehead atoms. The lowest BCUT2D eigenvalue weighted by atomic mass is 10.1. The molecule has 2 N–H and O–H groups in total. The molecule has 1 aliphatic carbocycles. The smallest absolute Gasteiger partial charge is 0.115 e. The van der Waals surface area contributed by atoms with E-state index in [4.69, 9.17) is 0 Å². The van der Waals surface area contributed by atoms with Gasteiger partial charge in [-0.1, -0.05) is 12.1 Å². The molecule has 1 heterocycles. The quantitative estimate of drug-likeness (QED) is 0.884. The molecule has 3 rings (SSSR count). The summed E-state index contributed by atoms with van der Waals surface area (Å²) in [6.45, 7) is 2.14. The number of aryl methyl sites for hydroxylation is 1. The van der Waals surface area contributed by atoms with Gasteiger partial charge in [0.15, 0.2) is 0 Å². The van der Waals surface area contributed by atoms with Gasteiger partial charge in [0.2, 0.25) is 0 Å². The molecule has 0 fully saturated rings. The lowest BCUT2D eigenvalue weighted by Crippen LogP contribution is -2.23. The Hall–Kier alpha value is -1.87. The maximum absolute atomic E-state index is 9.51. The van der Waals surface area contributed by atoms with Gasteiger partial charge in [0.1, 0.15) is 5.75 Å². The van der Waals surface area contributed by atoms with Gasteiger partial charge in [0, 0.05) is 18.3 Å². The summed E-state index contributed by atoms with van der Waals surface area (Å²) in [5, 5.41) is 13.1. The van der Waals surface area contributed by atoms with E-state index in [0.29, 0.717) is 11.8 Å². The molecule has 0 amide bonds. The van der Waals surface area contributed by atoms with Crippen LogP contribution in [0.25, 0.3) is 0 Å². The van der Waals surface area contributed by atoms with Crippen molar-refractivity contribution in [2.75, 3.05) is 0 Å². The van der Waals surface area contributed by atoms with Crippen molar-refractivity contribution in [1.82, 2.24) is 10.3 Å². The first-order valence-electron chi connectivity index (χ1n) is 6.73. The van der Waals surface area contributed by atoms with E-state index in [-0.39, 0.29) is 6.04 Å². The average molecular weight is 254 g/mol. The van der Waals surface area contributed by atoms with E-state index in [1.165, 1.54) is 11.1 Å². The van der Waals surface area contributed by atoms with Crippen LogP contribution in [0.5, 0.6) is 5.75 Å². The molecule has 0 spiro atoms. The third kappa shape index (κ3) is 2.47. The monoisotopic (exact) mass is 254 g/mol. The minimum Gasteiger partial charge on any atom is -0.508 e. The normalized spacial score (nSPS) is 19.1. The molecule has 3 heteroatoms. The highest BCUT2D eigenvalue weighted by Crippen LogP contribution is 2.34. The second-order valence-electron chi connectivity index (χ2n) is 5.12. The summed E-state index contributed by atoms with van der Waals surface area (Å²) in [5.74, 6) is 0.358. The fourth-order valence-electron chi connectivity index (χ4n) is 2.80. The molecule has 1 aliphatic rings. The Morgan fingerprint density at radius 2 is 2.21 bits per heavy atom. The molecular weight excluding hydrogens is 236 g/mol. The van der Waals surface area contributed by atoms with Gasteiger partial charge in [-0.05, 0) is 55.2 Å². The third-order valence-corrected chi connectivity index (χ3v) is 3.79. The molecule has 0 aliphatic heterocycles. The number of pyridine rings is 1. The number of nitrogens with zero attached hydrogens (tertiary/aromatic N) is 1. The number of aromatic hydroxyl groups is 1. The minimum atomic E-state index is 0.228. The van der Waals surface area contributed by atoms with E-state index >= 15 is 0 Å². The van der Waals surface area contributed by atoms with Gasteiger partial charge in [-0.15, -0.1) is 0 Å². The maximum atomic E-state index is 9.51. The molecule has 1 aromatic heterocycles. The number of nitrogens with one attached hydrogen (secondary N) is 1. The van der Waals surface area contributed by atoms with Crippen LogP contribution in [0.3, 0.4) is 0 Å². The van der Waals surface area contributed by atoms with E-state index in [2.05, 4.69) is 17.2 Å². The van der Waals surface area contributed by atoms with Gasteiger partial charge in [0.25, 0.3) is 0 Å². The zero-order valence-corrected chi connectivity index (χ0v) is 11.0. The van der Waals surface area contributed by atoms with Crippen molar-refractivity contribution in [1.29, 1.82) is 0 Å². The maximum Gasteiger partial charge on any atom is 0.115 e. The predicted molar refractivity (Wildman–Crippen MR) is 75.0 cm³/mol. The highest BCUT2D eigenvalue weighted by Gasteiger charge is 2.24. The summed E-state index contributed by atoms with van der Waals surface area (Å²) in [6, 6.07) is 12.3. The number of hydrogen-bond donors (Lipinski definition) is 2. The van der Waals surface area contributed by atoms with Gasteiger partial charge in [0.05, 0.1) is 5.69 Å². The number of fused-ring (bicyclic) bond motifs is 1. The van der Waals surface area contributed by atoms with E-state index in [1.807, 2.05) is 36.5 Å². The zero-order valence-electron chi connectivity index (χ0n) is 11.0. The lowest BCUT2D eigenvalue weighted by molar-refractivity contribution is 0.457. The SMILES string of the molecule is C[C@@H](NC1CCc2cc(O)ccc21)c1ccccn1. The summed E-state index contributed by atoms with van der Waals surface area (Å²) in [4.78, 5) is 4.39. The van der Waals surface area contributed by atoms with Crippen molar-refractivity contribution in [2.24, 2.45) is 0 Å². The molecule has 1 unspecified atom stereocenters. The van der Waals surface area contributed by atoms with Gasteiger partial charge < -0.3 is 10.4 Å². The Morgan fingerprint density at radius 3 is 3.00 bits per heavy atom. The van der Waals surface area contributed by atoms with Crippen LogP contribution in [0.1, 0.15) is 42.2 Å². The molecule has 98 valence electrons. The average Bonchev–Trinajstić information content (AvgIpc) is 2.82. The van der Waals surface area contributed by atoms with Crippen LogP contribution in [0.4, 0.5) is 0 Å². The van der Waals surface area contributed by atoms with Crippen LogP contribution >= 0.6 is 0 Å². The van der Waals surface area contributed by atoms with Crippen LogP contribution in [-0.2, 0) is 6.42 Å². The zero-order chi connectivity index (χ0) is 13.2. The standard InChI is InChI=1S/C16H18N2O/c1-11(15-4-2-3-9-17-15)18-16-8-5-12-10-13(19)6-7-14(12)16/h2-4,6-7,9-11,16,18-19H,5,8H2,1H3/t11-,16?/m1/s1. The number of phenols is 1. The summed E-state index contributed by atoms with van der Waals surface area (Å²) in [7, 11) is 0. The Morgan fingerprint density at radius 1 is 1.32 bits per heavy atom. The third-order valence-electron chi connectivity index (χ3n) is 3.79. The number of benzene rings is 1. The summed E-state index contributed by atoms with van der Waals surface area (Å²) >= 11 is 0. The first-order valence-corrected chi connectivity index (χ1v) is 6.73. The lowest BCUT2D eigenvalue weighted by Gasteiger charge is -2.20. The molecular formula is C16H18N2O. The van der Waals surface area contributed by atoms with Crippen LogP contribution in [0.2, 0.25) is 0 Å². The van der Waals surface area contributed by atoms with Crippen LogP contribution in [0.15, 0.2) is 42.6 Å². The number of rotatable bonds is 3. The van der Waals surface area contributed by atoms with E-state index in [0.717, 1.165) is 18.5 Å². The van der Waals surface area contributed by atoms with Crippen molar-refractivity contribution < 1.29 is 5.11 Å². The molecule has 19 heavy (non-hydrogen) atoms. The Labute approximate surface area is 113 Å². The topological polar surface area (TPSA) is 45.1 Å². The summed E-state index contributed by atoms with van der Waals surface area (Å²) in [5.41, 5.74) is 3.63. The van der Waals surface area contributed by atoms with Crippen LogP contribution in [-0.4, -0.2) is 10.1 Å². The highest BCUT2D eigenvalue weighted by atomic mass is 16.3. The van der Waals surface area contributed by atoms with Crippen LogP contribution < -0.4 is 5.32 Å². The van der Waals surface area contributed by atoms with Crippen molar-refractivity contribution in [3.05, 3.63) is 59.4 Å². The fraction of sp³-hybridized carbons (Fsp3) is 0.312. The highest BCUT2D eigenvalue weighted by molar-refractivity contribution is 5.40. The van der Waals surface area contributed by atoms with E-state index in [9.17, 15) is 5.11 Å². The van der Waals surface area contributed by atoms with Crippen molar-refractivity contribution in [3.8, 4) is 5.75 Å². The summed E-state index contributed by atoms with van der Waals surface area (Å²) < 4.78 is 0. The van der Waals surface area contributed by atoms with Crippen LogP contribution in [0, 0.1) is 0 Å². The Bertz CT molecular complexity index is 568. The van der Waals surface area contributed by atoms with Gasteiger partial charge >= 0.3 is 0 Å². The predicted octanol–water partition coefficient (Wildman–Crippen LogP) is 3.13. The second-order valence-corrected chi connectivity index (χ2v) is 5.12. The number of aromatic nitrogens is 1. The van der Waals surface area contributed by atoms with E-state index in [1.54, 1.807) is 6.07 Å². The molecule has 1 aromatic carbocycles. The van der Waals surface area contributed by atoms with Gasteiger partial charge in [-0.3, -0.25) is 4.98 Å². The van der Waals surface area contributed by atoms with Crippen molar-refractivity contribution in [3.63, 3.8) is 0 Å². The number of phenolic OH excluding ortho intramolecular Hbond substituents is 1. The summed E-state index contributed by atoms with van der Waals surface area (Å²) in [6.07, 6.45) is 3.93. The second kappa shape index (κ2) is 5.02. The van der Waals surface area contributed by atoms with Crippen molar-refractivity contribution >= 4 is 0 Å². The fourth-order valence-corrected chi connectivity index (χ4v) is 2.80. The molecule has 3 nitrogen and oxygen atoms in total. The number of hydrogen-bond acceptors (Lipinski definition) is 3. The Balaban J connectivity index is 1.76. The molecule has 0 radical (unpaired) electrons. The molecule has 0 saturated heterocycles. The minimum absolute atomic E-state index is 0.228.